The molecule has 100 valence electrons. The lowest BCUT2D eigenvalue weighted by atomic mass is 10.1. The van der Waals surface area contributed by atoms with Crippen molar-refractivity contribution in [1.82, 2.24) is 9.78 Å². The van der Waals surface area contributed by atoms with Crippen LogP contribution in [-0.4, -0.2) is 28.4 Å². The van der Waals surface area contributed by atoms with Crippen LogP contribution in [0.1, 0.15) is 5.56 Å². The van der Waals surface area contributed by atoms with Crippen LogP contribution in [0.15, 0.2) is 36.7 Å². The molecule has 19 heavy (non-hydrogen) atoms. The molecule has 6 heteroatoms. The first-order chi connectivity index (χ1) is 9.20. The molecule has 0 radical (unpaired) electrons. The fourth-order valence-corrected chi connectivity index (χ4v) is 1.93. The molecule has 0 aliphatic heterocycles. The van der Waals surface area contributed by atoms with Gasteiger partial charge in [-0.25, -0.2) is 0 Å². The third kappa shape index (κ3) is 3.45. The van der Waals surface area contributed by atoms with Crippen molar-refractivity contribution in [2.24, 2.45) is 5.73 Å². The number of nitrogens with two attached hydrogens (primary N) is 1. The average Bonchev–Trinajstić information content (AvgIpc) is 2.91. The van der Waals surface area contributed by atoms with E-state index in [2.05, 4.69) is 10.4 Å². The predicted octanol–water partition coefficient (Wildman–Crippen LogP) is 1.64. The molecule has 0 fully saturated rings. The number of methoxy groups -OCH3 is 1. The number of nitrogens with zero attached hydrogens (tertiary/aromatic N) is 2. The molecule has 5 nitrogen and oxygen atoms in total. The van der Waals surface area contributed by atoms with Crippen LogP contribution in [0.2, 0.25) is 0 Å². The minimum absolute atomic E-state index is 0.365. The van der Waals surface area contributed by atoms with Crippen LogP contribution in [0.25, 0.3) is 0 Å². The molecule has 0 spiro atoms. The van der Waals surface area contributed by atoms with E-state index in [0.717, 1.165) is 30.1 Å². The smallest absolute Gasteiger partial charge is 0.120 e. The Kier molecular flexibility index (Phi) is 4.35. The van der Waals surface area contributed by atoms with Gasteiger partial charge in [-0.2, -0.15) is 5.10 Å². The topological polar surface area (TPSA) is 65.1 Å². The third-order valence-electron chi connectivity index (χ3n) is 2.71. The molecular formula is C13H16N4OS. The van der Waals surface area contributed by atoms with Gasteiger partial charge in [0.2, 0.25) is 0 Å². The summed E-state index contributed by atoms with van der Waals surface area (Å²) in [7, 11) is 1.63. The number of aromatic nitrogens is 2. The maximum atomic E-state index is 5.71. The van der Waals surface area contributed by atoms with Crippen LogP contribution in [0.5, 0.6) is 5.75 Å². The largest absolute Gasteiger partial charge is 0.497 e. The van der Waals surface area contributed by atoms with Crippen LogP contribution < -0.4 is 15.8 Å². The highest BCUT2D eigenvalue weighted by atomic mass is 32.1. The van der Waals surface area contributed by atoms with Gasteiger partial charge >= 0.3 is 0 Å². The fourth-order valence-electron chi connectivity index (χ4n) is 1.75. The van der Waals surface area contributed by atoms with E-state index in [0.29, 0.717) is 4.99 Å². The van der Waals surface area contributed by atoms with Crippen LogP contribution in [0.4, 0.5) is 5.69 Å². The Labute approximate surface area is 117 Å². The van der Waals surface area contributed by atoms with Gasteiger partial charge in [-0.05, 0) is 18.2 Å². The second-order valence-electron chi connectivity index (χ2n) is 3.97. The molecule has 0 saturated carbocycles. The quantitative estimate of drug-likeness (QED) is 0.785. The first-order valence-electron chi connectivity index (χ1n) is 5.90. The molecule has 2 rings (SSSR count). The summed E-state index contributed by atoms with van der Waals surface area (Å²) >= 11 is 5.04. The van der Waals surface area contributed by atoms with Crippen LogP contribution in [0.3, 0.4) is 0 Å². The van der Waals surface area contributed by atoms with Gasteiger partial charge < -0.3 is 15.8 Å². The molecule has 0 unspecified atom stereocenters. The van der Waals surface area contributed by atoms with Gasteiger partial charge in [0.25, 0.3) is 0 Å². The SMILES string of the molecule is COc1ccc(C(N)=S)c(NCCn2cccn2)c1. The Hall–Kier alpha value is -2.08. The zero-order chi connectivity index (χ0) is 13.7. The predicted molar refractivity (Wildman–Crippen MR) is 79.6 cm³/mol. The standard InChI is InChI=1S/C13H16N4OS/c1-18-10-3-4-11(13(14)19)12(9-10)15-6-8-17-7-2-5-16-17/h2-5,7,9,15H,6,8H2,1H3,(H2,14,19). The average molecular weight is 276 g/mol. The third-order valence-corrected chi connectivity index (χ3v) is 2.93. The minimum Gasteiger partial charge on any atom is -0.497 e. The highest BCUT2D eigenvalue weighted by molar-refractivity contribution is 7.80. The number of hydrogen-bond donors (Lipinski definition) is 2. The van der Waals surface area contributed by atoms with Crippen molar-refractivity contribution in [3.8, 4) is 5.75 Å². The number of hydrogen-bond acceptors (Lipinski definition) is 4. The van der Waals surface area contributed by atoms with E-state index < -0.39 is 0 Å². The molecule has 2 aromatic rings. The Balaban J connectivity index is 2.06. The number of anilines is 1. The molecule has 0 saturated heterocycles. The molecule has 3 N–H and O–H groups in total. The number of benzene rings is 1. The lowest BCUT2D eigenvalue weighted by Crippen LogP contribution is -2.16. The van der Waals surface area contributed by atoms with E-state index in [1.165, 1.54) is 0 Å². The molecule has 0 aliphatic carbocycles. The maximum absolute atomic E-state index is 5.71. The van der Waals surface area contributed by atoms with Crippen molar-refractivity contribution < 1.29 is 4.74 Å². The zero-order valence-electron chi connectivity index (χ0n) is 10.7. The summed E-state index contributed by atoms with van der Waals surface area (Å²) in [5.74, 6) is 0.765. The lowest BCUT2D eigenvalue weighted by molar-refractivity contribution is 0.415. The number of nitrogens with one attached hydrogen (secondary N) is 1. The van der Waals surface area contributed by atoms with Crippen molar-refractivity contribution in [1.29, 1.82) is 0 Å². The van der Waals surface area contributed by atoms with E-state index in [4.69, 9.17) is 22.7 Å². The van der Waals surface area contributed by atoms with Crippen LogP contribution >= 0.6 is 12.2 Å². The monoisotopic (exact) mass is 276 g/mol. The summed E-state index contributed by atoms with van der Waals surface area (Å²) in [4.78, 5) is 0.365. The first kappa shape index (κ1) is 13.4. The van der Waals surface area contributed by atoms with Gasteiger partial charge in [0.15, 0.2) is 0 Å². The summed E-state index contributed by atoms with van der Waals surface area (Å²) in [6.07, 6.45) is 3.67. The molecule has 1 aromatic heterocycles. The zero-order valence-corrected chi connectivity index (χ0v) is 11.5. The highest BCUT2D eigenvalue weighted by Crippen LogP contribution is 2.22. The van der Waals surface area contributed by atoms with Gasteiger partial charge in [0, 0.05) is 36.3 Å². The second kappa shape index (κ2) is 6.19. The molecule has 0 bridgehead atoms. The van der Waals surface area contributed by atoms with E-state index in [-0.39, 0.29) is 0 Å². The van der Waals surface area contributed by atoms with Gasteiger partial charge in [0.1, 0.15) is 10.7 Å². The van der Waals surface area contributed by atoms with Crippen molar-refractivity contribution in [2.75, 3.05) is 19.0 Å². The van der Waals surface area contributed by atoms with Gasteiger partial charge in [-0.3, -0.25) is 4.68 Å². The van der Waals surface area contributed by atoms with Gasteiger partial charge in [0.05, 0.1) is 13.7 Å². The van der Waals surface area contributed by atoms with E-state index in [9.17, 15) is 0 Å². The van der Waals surface area contributed by atoms with Crippen molar-refractivity contribution in [3.05, 3.63) is 42.2 Å². The Morgan fingerprint density at radius 3 is 3.00 bits per heavy atom. The highest BCUT2D eigenvalue weighted by Gasteiger charge is 2.06. The number of rotatable bonds is 6. The number of ether oxygens (including phenoxy) is 1. The molecule has 0 amide bonds. The van der Waals surface area contributed by atoms with Crippen molar-refractivity contribution >= 4 is 22.9 Å². The Morgan fingerprint density at radius 2 is 2.37 bits per heavy atom. The molecule has 1 aromatic carbocycles. The summed E-state index contributed by atoms with van der Waals surface area (Å²) < 4.78 is 7.05. The Bertz CT molecular complexity index is 554. The summed E-state index contributed by atoms with van der Waals surface area (Å²) in [5.41, 5.74) is 7.40. The summed E-state index contributed by atoms with van der Waals surface area (Å²) in [6, 6.07) is 7.48. The second-order valence-corrected chi connectivity index (χ2v) is 4.41. The Morgan fingerprint density at radius 1 is 1.53 bits per heavy atom. The molecule has 0 aliphatic rings. The summed E-state index contributed by atoms with van der Waals surface area (Å²) in [6.45, 7) is 1.49. The minimum atomic E-state index is 0.365. The molecule has 1 heterocycles. The normalized spacial score (nSPS) is 10.2. The summed E-state index contributed by atoms with van der Waals surface area (Å²) in [5, 5.41) is 7.44. The maximum Gasteiger partial charge on any atom is 0.120 e. The van der Waals surface area contributed by atoms with E-state index >= 15 is 0 Å². The van der Waals surface area contributed by atoms with Crippen molar-refractivity contribution in [3.63, 3.8) is 0 Å². The van der Waals surface area contributed by atoms with Crippen molar-refractivity contribution in [2.45, 2.75) is 6.54 Å². The van der Waals surface area contributed by atoms with E-state index in [1.807, 2.05) is 35.1 Å². The molecule has 0 atom stereocenters. The van der Waals surface area contributed by atoms with Crippen LogP contribution in [-0.2, 0) is 6.54 Å². The molecular weight excluding hydrogens is 260 g/mol. The van der Waals surface area contributed by atoms with Crippen LogP contribution in [0, 0.1) is 0 Å². The fraction of sp³-hybridized carbons (Fsp3) is 0.231. The number of thiocarbonyl (C=S) groups is 1. The van der Waals surface area contributed by atoms with E-state index in [1.54, 1.807) is 13.3 Å². The van der Waals surface area contributed by atoms with Gasteiger partial charge in [-0.1, -0.05) is 12.2 Å². The first-order valence-corrected chi connectivity index (χ1v) is 6.30. The lowest BCUT2D eigenvalue weighted by Gasteiger charge is -2.12. The van der Waals surface area contributed by atoms with Gasteiger partial charge in [-0.15, -0.1) is 0 Å².